The lowest BCUT2D eigenvalue weighted by Crippen LogP contribution is -2.49. The lowest BCUT2D eigenvalue weighted by molar-refractivity contribution is 0.194. The number of rotatable bonds is 3. The Morgan fingerprint density at radius 3 is 2.94 bits per heavy atom. The minimum Gasteiger partial charge on any atom is -0.310 e. The van der Waals surface area contributed by atoms with E-state index in [9.17, 15) is 0 Å². The Morgan fingerprint density at radius 2 is 2.19 bits per heavy atom. The van der Waals surface area contributed by atoms with Gasteiger partial charge in [-0.25, -0.2) is 0 Å². The van der Waals surface area contributed by atoms with Gasteiger partial charge in [-0.15, -0.1) is 0 Å². The van der Waals surface area contributed by atoms with Crippen LogP contribution < -0.4 is 5.32 Å². The summed E-state index contributed by atoms with van der Waals surface area (Å²) in [6, 6.07) is 13.1. The predicted octanol–water partition coefficient (Wildman–Crippen LogP) is 1.37. The molecule has 0 aromatic heterocycles. The second-order valence-corrected chi connectivity index (χ2v) is 4.23. The van der Waals surface area contributed by atoms with E-state index in [-0.39, 0.29) is 0 Å². The first-order valence-electron chi connectivity index (χ1n) is 5.75. The second-order valence-electron chi connectivity index (χ2n) is 4.23. The summed E-state index contributed by atoms with van der Waals surface area (Å²) < 4.78 is 0. The van der Waals surface area contributed by atoms with Crippen LogP contribution in [0.3, 0.4) is 0 Å². The van der Waals surface area contributed by atoms with Crippen LogP contribution in [0.5, 0.6) is 0 Å². The van der Waals surface area contributed by atoms with Crippen LogP contribution in [0.25, 0.3) is 0 Å². The van der Waals surface area contributed by atoms with Crippen LogP contribution in [0.1, 0.15) is 12.0 Å². The molecule has 3 nitrogen and oxygen atoms in total. The molecule has 1 N–H and O–H groups in total. The van der Waals surface area contributed by atoms with Crippen LogP contribution in [-0.2, 0) is 6.54 Å². The summed E-state index contributed by atoms with van der Waals surface area (Å²) in [5.74, 6) is 0. The summed E-state index contributed by atoms with van der Waals surface area (Å²) in [7, 11) is 0. The smallest absolute Gasteiger partial charge is 0.0638 e. The Hall–Kier alpha value is -1.37. The molecule has 0 aliphatic carbocycles. The molecule has 0 spiro atoms. The van der Waals surface area contributed by atoms with Gasteiger partial charge < -0.3 is 5.32 Å². The van der Waals surface area contributed by atoms with E-state index in [0.29, 0.717) is 12.5 Å². The van der Waals surface area contributed by atoms with Crippen molar-refractivity contribution in [3.05, 3.63) is 35.9 Å². The fraction of sp³-hybridized carbons (Fsp3) is 0.462. The summed E-state index contributed by atoms with van der Waals surface area (Å²) >= 11 is 0. The Labute approximate surface area is 96.7 Å². The van der Waals surface area contributed by atoms with Crippen molar-refractivity contribution in [3.8, 4) is 6.07 Å². The zero-order chi connectivity index (χ0) is 11.2. The highest BCUT2D eigenvalue weighted by atomic mass is 15.2. The molecule has 0 radical (unpaired) electrons. The molecule has 3 heteroatoms. The van der Waals surface area contributed by atoms with Crippen LogP contribution in [0, 0.1) is 11.3 Å². The monoisotopic (exact) mass is 215 g/mol. The van der Waals surface area contributed by atoms with Crippen molar-refractivity contribution >= 4 is 0 Å². The normalized spacial score (nSPS) is 21.6. The van der Waals surface area contributed by atoms with Crippen LogP contribution >= 0.6 is 0 Å². The van der Waals surface area contributed by atoms with Gasteiger partial charge in [-0.05, 0) is 5.56 Å². The topological polar surface area (TPSA) is 39.1 Å². The number of benzene rings is 1. The Morgan fingerprint density at radius 1 is 1.38 bits per heavy atom. The van der Waals surface area contributed by atoms with Crippen LogP contribution in [0.4, 0.5) is 0 Å². The minimum atomic E-state index is 0.336. The van der Waals surface area contributed by atoms with Gasteiger partial charge in [0.25, 0.3) is 0 Å². The first-order valence-corrected chi connectivity index (χ1v) is 5.75. The number of hydrogen-bond acceptors (Lipinski definition) is 3. The quantitative estimate of drug-likeness (QED) is 0.827. The number of hydrogen-bond donors (Lipinski definition) is 1. The first kappa shape index (κ1) is 11.1. The lowest BCUT2D eigenvalue weighted by Gasteiger charge is -2.32. The number of nitriles is 1. The van der Waals surface area contributed by atoms with Crippen LogP contribution in [0.2, 0.25) is 0 Å². The van der Waals surface area contributed by atoms with Gasteiger partial charge >= 0.3 is 0 Å². The third kappa shape index (κ3) is 3.06. The fourth-order valence-corrected chi connectivity index (χ4v) is 2.13. The van der Waals surface area contributed by atoms with E-state index < -0.39 is 0 Å². The summed E-state index contributed by atoms with van der Waals surface area (Å²) in [6.45, 7) is 4.02. The number of nitrogens with one attached hydrogen (secondary N) is 1. The van der Waals surface area contributed by atoms with Crippen molar-refractivity contribution in [2.75, 3.05) is 19.6 Å². The molecule has 1 saturated heterocycles. The highest BCUT2D eigenvalue weighted by molar-refractivity contribution is 5.14. The van der Waals surface area contributed by atoms with Crippen molar-refractivity contribution in [1.29, 1.82) is 5.26 Å². The van der Waals surface area contributed by atoms with Gasteiger partial charge in [0.1, 0.15) is 0 Å². The molecule has 0 unspecified atom stereocenters. The molecule has 0 saturated carbocycles. The molecule has 1 aliphatic heterocycles. The standard InChI is InChI=1S/C13H17N3/c14-7-6-13-11-16(9-8-15-13)10-12-4-2-1-3-5-12/h1-5,13,15H,6,8-11H2/t13-/m0/s1. The van der Waals surface area contributed by atoms with Crippen molar-refractivity contribution in [2.45, 2.75) is 19.0 Å². The highest BCUT2D eigenvalue weighted by Crippen LogP contribution is 2.08. The van der Waals surface area contributed by atoms with Gasteiger partial charge in [0.2, 0.25) is 0 Å². The largest absolute Gasteiger partial charge is 0.310 e. The molecule has 1 fully saturated rings. The van der Waals surface area contributed by atoms with Gasteiger partial charge in [0.05, 0.1) is 12.5 Å². The third-order valence-electron chi connectivity index (χ3n) is 2.93. The van der Waals surface area contributed by atoms with Crippen molar-refractivity contribution in [1.82, 2.24) is 10.2 Å². The molecular weight excluding hydrogens is 198 g/mol. The fourth-order valence-electron chi connectivity index (χ4n) is 2.13. The molecule has 0 bridgehead atoms. The Balaban J connectivity index is 1.88. The molecule has 16 heavy (non-hydrogen) atoms. The van der Waals surface area contributed by atoms with E-state index in [0.717, 1.165) is 26.2 Å². The molecule has 1 aromatic carbocycles. The zero-order valence-electron chi connectivity index (χ0n) is 9.39. The van der Waals surface area contributed by atoms with Crippen molar-refractivity contribution in [2.24, 2.45) is 0 Å². The predicted molar refractivity (Wildman–Crippen MR) is 63.7 cm³/mol. The van der Waals surface area contributed by atoms with Gasteiger partial charge in [-0.3, -0.25) is 4.90 Å². The third-order valence-corrected chi connectivity index (χ3v) is 2.93. The van der Waals surface area contributed by atoms with Crippen LogP contribution in [-0.4, -0.2) is 30.6 Å². The second kappa shape index (κ2) is 5.64. The van der Waals surface area contributed by atoms with Gasteiger partial charge in [-0.2, -0.15) is 5.26 Å². The van der Waals surface area contributed by atoms with Gasteiger partial charge in [0.15, 0.2) is 0 Å². The average Bonchev–Trinajstić information content (AvgIpc) is 2.31. The molecule has 1 aliphatic rings. The first-order chi connectivity index (χ1) is 7.88. The minimum absolute atomic E-state index is 0.336. The molecule has 2 rings (SSSR count). The number of piperazine rings is 1. The lowest BCUT2D eigenvalue weighted by atomic mass is 10.1. The molecular formula is C13H17N3. The van der Waals surface area contributed by atoms with E-state index in [1.165, 1.54) is 5.56 Å². The van der Waals surface area contributed by atoms with Gasteiger partial charge in [0, 0.05) is 32.2 Å². The van der Waals surface area contributed by atoms with E-state index in [2.05, 4.69) is 40.6 Å². The summed E-state index contributed by atoms with van der Waals surface area (Å²) in [6.07, 6.45) is 0.602. The summed E-state index contributed by atoms with van der Waals surface area (Å²) in [5, 5.41) is 12.1. The molecule has 1 heterocycles. The Bertz CT molecular complexity index is 355. The number of nitrogens with zero attached hydrogens (tertiary/aromatic N) is 2. The zero-order valence-corrected chi connectivity index (χ0v) is 9.39. The maximum atomic E-state index is 8.69. The van der Waals surface area contributed by atoms with Gasteiger partial charge in [-0.1, -0.05) is 30.3 Å². The van der Waals surface area contributed by atoms with E-state index in [4.69, 9.17) is 5.26 Å². The SMILES string of the molecule is N#CC[C@H]1CN(Cc2ccccc2)CCN1. The summed E-state index contributed by atoms with van der Waals surface area (Å²) in [5.41, 5.74) is 1.35. The molecule has 1 aromatic rings. The molecule has 84 valence electrons. The molecule has 1 atom stereocenters. The van der Waals surface area contributed by atoms with E-state index in [1.807, 2.05) is 6.07 Å². The maximum absolute atomic E-state index is 8.69. The maximum Gasteiger partial charge on any atom is 0.0638 e. The van der Waals surface area contributed by atoms with Crippen LogP contribution in [0.15, 0.2) is 30.3 Å². The summed E-state index contributed by atoms with van der Waals surface area (Å²) in [4.78, 5) is 2.41. The van der Waals surface area contributed by atoms with E-state index in [1.54, 1.807) is 0 Å². The van der Waals surface area contributed by atoms with E-state index >= 15 is 0 Å². The Kier molecular flexibility index (Phi) is 3.92. The molecule has 0 amide bonds. The highest BCUT2D eigenvalue weighted by Gasteiger charge is 2.18. The van der Waals surface area contributed by atoms with Crippen molar-refractivity contribution in [3.63, 3.8) is 0 Å². The van der Waals surface area contributed by atoms with Crippen molar-refractivity contribution < 1.29 is 0 Å². The average molecular weight is 215 g/mol.